The van der Waals surface area contributed by atoms with Crippen LogP contribution in [0.3, 0.4) is 0 Å². The first-order chi connectivity index (χ1) is 9.60. The zero-order valence-electron chi connectivity index (χ0n) is 11.3. The molecular weight excluding hydrogens is 326 g/mol. The van der Waals surface area contributed by atoms with Crippen molar-refractivity contribution < 1.29 is 9.66 Å². The third-order valence-electron chi connectivity index (χ3n) is 3.35. The van der Waals surface area contributed by atoms with E-state index in [2.05, 4.69) is 33.1 Å². The smallest absolute Gasteiger partial charge is 0.270 e. The SMILES string of the molecule is CCN1CCOC(CNc2ccc([N+](=O)[O-])cc2Br)C1. The van der Waals surface area contributed by atoms with Crippen LogP contribution >= 0.6 is 15.9 Å². The number of anilines is 1. The molecule has 0 bridgehead atoms. The van der Waals surface area contributed by atoms with Gasteiger partial charge in [-0.25, -0.2) is 0 Å². The highest BCUT2D eigenvalue weighted by molar-refractivity contribution is 9.10. The third-order valence-corrected chi connectivity index (χ3v) is 4.01. The van der Waals surface area contributed by atoms with Gasteiger partial charge in [-0.05, 0) is 28.5 Å². The van der Waals surface area contributed by atoms with E-state index in [4.69, 9.17) is 4.74 Å². The van der Waals surface area contributed by atoms with E-state index in [1.165, 1.54) is 12.1 Å². The largest absolute Gasteiger partial charge is 0.381 e. The predicted molar refractivity (Wildman–Crippen MR) is 81.1 cm³/mol. The lowest BCUT2D eigenvalue weighted by Gasteiger charge is -2.32. The summed E-state index contributed by atoms with van der Waals surface area (Å²) in [5.74, 6) is 0. The minimum absolute atomic E-state index is 0.0773. The fraction of sp³-hybridized carbons (Fsp3) is 0.538. The Morgan fingerprint density at radius 3 is 3.05 bits per heavy atom. The molecule has 6 nitrogen and oxygen atoms in total. The third kappa shape index (κ3) is 3.91. The van der Waals surface area contributed by atoms with E-state index in [1.54, 1.807) is 6.07 Å². The molecule has 7 heteroatoms. The van der Waals surface area contributed by atoms with Crippen LogP contribution in [-0.4, -0.2) is 48.7 Å². The van der Waals surface area contributed by atoms with Gasteiger partial charge in [0.15, 0.2) is 0 Å². The Labute approximate surface area is 126 Å². The molecule has 1 aromatic carbocycles. The van der Waals surface area contributed by atoms with Gasteiger partial charge in [-0.2, -0.15) is 0 Å². The lowest BCUT2D eigenvalue weighted by Crippen LogP contribution is -2.45. The van der Waals surface area contributed by atoms with Gasteiger partial charge in [0.05, 0.1) is 17.6 Å². The number of nitro groups is 1. The van der Waals surface area contributed by atoms with Crippen LogP contribution in [0.15, 0.2) is 22.7 Å². The number of ether oxygens (including phenoxy) is 1. The second-order valence-corrected chi connectivity index (χ2v) is 5.54. The zero-order valence-corrected chi connectivity index (χ0v) is 12.9. The minimum atomic E-state index is -0.405. The van der Waals surface area contributed by atoms with Crippen molar-refractivity contribution in [1.29, 1.82) is 0 Å². The fourth-order valence-corrected chi connectivity index (χ4v) is 2.68. The van der Waals surface area contributed by atoms with Gasteiger partial charge in [0.1, 0.15) is 0 Å². The number of hydrogen-bond acceptors (Lipinski definition) is 5. The van der Waals surface area contributed by atoms with Gasteiger partial charge >= 0.3 is 0 Å². The highest BCUT2D eigenvalue weighted by Crippen LogP contribution is 2.27. The van der Waals surface area contributed by atoms with Crippen molar-refractivity contribution >= 4 is 27.3 Å². The number of halogens is 1. The summed E-state index contributed by atoms with van der Waals surface area (Å²) in [6, 6.07) is 4.71. The highest BCUT2D eigenvalue weighted by atomic mass is 79.9. The van der Waals surface area contributed by atoms with Crippen LogP contribution < -0.4 is 5.32 Å². The molecule has 0 amide bonds. The first-order valence-electron chi connectivity index (χ1n) is 6.62. The first-order valence-corrected chi connectivity index (χ1v) is 7.41. The van der Waals surface area contributed by atoms with E-state index in [-0.39, 0.29) is 11.8 Å². The number of nitrogens with one attached hydrogen (secondary N) is 1. The summed E-state index contributed by atoms with van der Waals surface area (Å²) in [4.78, 5) is 12.6. The Hall–Kier alpha value is -1.18. The molecule has 1 aliphatic rings. The van der Waals surface area contributed by atoms with Gasteiger partial charge in [0.25, 0.3) is 5.69 Å². The maximum atomic E-state index is 10.7. The molecule has 0 spiro atoms. The van der Waals surface area contributed by atoms with E-state index in [9.17, 15) is 10.1 Å². The zero-order chi connectivity index (χ0) is 14.5. The Bertz CT molecular complexity index is 484. The summed E-state index contributed by atoms with van der Waals surface area (Å²) in [5, 5.41) is 13.9. The molecule has 1 unspecified atom stereocenters. The van der Waals surface area contributed by atoms with E-state index >= 15 is 0 Å². The number of nitro benzene ring substituents is 1. The maximum absolute atomic E-state index is 10.7. The number of morpholine rings is 1. The molecular formula is C13H18BrN3O3. The normalized spacial score (nSPS) is 19.8. The number of benzene rings is 1. The molecule has 1 fully saturated rings. The molecule has 0 radical (unpaired) electrons. The van der Waals surface area contributed by atoms with E-state index < -0.39 is 4.92 Å². The summed E-state index contributed by atoms with van der Waals surface area (Å²) >= 11 is 3.35. The van der Waals surface area contributed by atoms with Crippen LogP contribution in [0.1, 0.15) is 6.92 Å². The van der Waals surface area contributed by atoms with Crippen LogP contribution in [-0.2, 0) is 4.74 Å². The van der Waals surface area contributed by atoms with Crippen molar-refractivity contribution in [1.82, 2.24) is 4.90 Å². The van der Waals surface area contributed by atoms with Gasteiger partial charge in [-0.3, -0.25) is 15.0 Å². The Balaban J connectivity index is 1.92. The number of rotatable bonds is 5. The summed E-state index contributed by atoms with van der Waals surface area (Å²) < 4.78 is 6.40. The highest BCUT2D eigenvalue weighted by Gasteiger charge is 2.19. The maximum Gasteiger partial charge on any atom is 0.270 e. The van der Waals surface area contributed by atoms with Crippen molar-refractivity contribution in [2.45, 2.75) is 13.0 Å². The molecule has 1 heterocycles. The summed E-state index contributed by atoms with van der Waals surface area (Å²) in [5.41, 5.74) is 0.918. The Kier molecular flexibility index (Phi) is 5.33. The molecule has 1 aliphatic heterocycles. The van der Waals surface area contributed by atoms with Crippen molar-refractivity contribution in [3.05, 3.63) is 32.8 Å². The van der Waals surface area contributed by atoms with E-state index in [1.807, 2.05) is 0 Å². The first kappa shape index (κ1) is 15.2. The molecule has 0 aliphatic carbocycles. The second kappa shape index (κ2) is 7.01. The van der Waals surface area contributed by atoms with Crippen molar-refractivity contribution in [2.24, 2.45) is 0 Å². The molecule has 1 N–H and O–H groups in total. The standard InChI is InChI=1S/C13H18BrN3O3/c1-2-16-5-6-20-11(9-16)8-15-13-4-3-10(17(18)19)7-12(13)14/h3-4,7,11,15H,2,5-6,8-9H2,1H3. The molecule has 1 saturated heterocycles. The molecule has 0 saturated carbocycles. The molecule has 1 atom stereocenters. The van der Waals surface area contributed by atoms with Crippen LogP contribution in [0, 0.1) is 10.1 Å². The second-order valence-electron chi connectivity index (χ2n) is 4.69. The van der Waals surface area contributed by atoms with E-state index in [0.29, 0.717) is 11.0 Å². The van der Waals surface area contributed by atoms with Gasteiger partial charge < -0.3 is 10.1 Å². The number of non-ortho nitro benzene ring substituents is 1. The van der Waals surface area contributed by atoms with Crippen LogP contribution in [0.25, 0.3) is 0 Å². The molecule has 0 aromatic heterocycles. The van der Waals surface area contributed by atoms with Gasteiger partial charge in [-0.1, -0.05) is 6.92 Å². The van der Waals surface area contributed by atoms with Crippen molar-refractivity contribution in [2.75, 3.05) is 38.1 Å². The average molecular weight is 344 g/mol. The lowest BCUT2D eigenvalue weighted by molar-refractivity contribution is -0.384. The monoisotopic (exact) mass is 343 g/mol. The predicted octanol–water partition coefficient (Wildman–Crippen LogP) is 2.49. The molecule has 1 aromatic rings. The van der Waals surface area contributed by atoms with Crippen LogP contribution in [0.2, 0.25) is 0 Å². The lowest BCUT2D eigenvalue weighted by atomic mass is 10.2. The topological polar surface area (TPSA) is 67.6 Å². The van der Waals surface area contributed by atoms with Gasteiger partial charge in [0.2, 0.25) is 0 Å². The van der Waals surface area contributed by atoms with Gasteiger partial charge in [-0.15, -0.1) is 0 Å². The van der Waals surface area contributed by atoms with Crippen molar-refractivity contribution in [3.63, 3.8) is 0 Å². The quantitative estimate of drug-likeness (QED) is 0.657. The van der Waals surface area contributed by atoms with Crippen LogP contribution in [0.5, 0.6) is 0 Å². The van der Waals surface area contributed by atoms with Crippen LogP contribution in [0.4, 0.5) is 11.4 Å². The minimum Gasteiger partial charge on any atom is -0.381 e. The van der Waals surface area contributed by atoms with E-state index in [0.717, 1.165) is 31.9 Å². The molecule has 20 heavy (non-hydrogen) atoms. The Morgan fingerprint density at radius 2 is 2.40 bits per heavy atom. The Morgan fingerprint density at radius 1 is 1.60 bits per heavy atom. The molecule has 110 valence electrons. The number of likely N-dealkylation sites (N-methyl/N-ethyl adjacent to an activating group) is 1. The fourth-order valence-electron chi connectivity index (χ4n) is 2.18. The number of nitrogens with zero attached hydrogens (tertiary/aromatic N) is 2. The summed E-state index contributed by atoms with van der Waals surface area (Å²) in [7, 11) is 0. The summed E-state index contributed by atoms with van der Waals surface area (Å²) in [6.07, 6.45) is 0.144. The molecule has 2 rings (SSSR count). The average Bonchev–Trinajstić information content (AvgIpc) is 2.46. The summed E-state index contributed by atoms with van der Waals surface area (Å²) in [6.45, 7) is 6.50. The number of hydrogen-bond donors (Lipinski definition) is 1. The van der Waals surface area contributed by atoms with Gasteiger partial charge in [0, 0.05) is 41.9 Å². The van der Waals surface area contributed by atoms with Crippen molar-refractivity contribution in [3.8, 4) is 0 Å².